The third-order valence-corrected chi connectivity index (χ3v) is 5.12. The zero-order chi connectivity index (χ0) is 18.0. The summed E-state index contributed by atoms with van der Waals surface area (Å²) in [5.74, 6) is 1.06. The Bertz CT molecular complexity index is 732. The molecule has 0 spiro atoms. The summed E-state index contributed by atoms with van der Waals surface area (Å²) < 4.78 is 7.51. The van der Waals surface area contributed by atoms with Crippen LogP contribution in [0.1, 0.15) is 64.4 Å². The molecule has 2 heterocycles. The van der Waals surface area contributed by atoms with Crippen LogP contribution in [0.3, 0.4) is 0 Å². The molecule has 1 aliphatic rings. The molecule has 0 saturated heterocycles. The molecule has 1 amide bonds. The number of ether oxygens (including phenoxy) is 1. The van der Waals surface area contributed by atoms with Gasteiger partial charge in [-0.25, -0.2) is 9.97 Å². The van der Waals surface area contributed by atoms with E-state index in [-0.39, 0.29) is 23.9 Å². The fourth-order valence-electron chi connectivity index (χ4n) is 3.72. The van der Waals surface area contributed by atoms with Crippen LogP contribution in [-0.4, -0.2) is 33.7 Å². The lowest BCUT2D eigenvalue weighted by Crippen LogP contribution is -2.36. The highest BCUT2D eigenvalue weighted by Crippen LogP contribution is 2.28. The predicted octanol–water partition coefficient (Wildman–Crippen LogP) is 3.39. The second-order valence-corrected chi connectivity index (χ2v) is 7.22. The van der Waals surface area contributed by atoms with Gasteiger partial charge >= 0.3 is 0 Å². The number of methoxy groups -OCH3 is 1. The molecule has 25 heavy (non-hydrogen) atoms. The summed E-state index contributed by atoms with van der Waals surface area (Å²) >= 11 is 0. The number of nitrogens with zero attached hydrogens (tertiary/aromatic N) is 3. The topological polar surface area (TPSA) is 69.0 Å². The first-order valence-corrected chi connectivity index (χ1v) is 9.17. The molecule has 0 aliphatic heterocycles. The fraction of sp³-hybridized carbons (Fsp3) is 0.632. The Morgan fingerprint density at radius 2 is 2.00 bits per heavy atom. The SMILES string of the molecule is COC1CCC(C(=O)NC(C)c2nc3cccnc3n2C(C)C)CC1. The van der Waals surface area contributed by atoms with Crippen LogP contribution in [-0.2, 0) is 9.53 Å². The van der Waals surface area contributed by atoms with Crippen molar-refractivity contribution in [3.05, 3.63) is 24.2 Å². The molecule has 0 aromatic carbocycles. The van der Waals surface area contributed by atoms with E-state index < -0.39 is 0 Å². The summed E-state index contributed by atoms with van der Waals surface area (Å²) in [5, 5.41) is 3.16. The molecule has 1 aliphatic carbocycles. The molecule has 3 rings (SSSR count). The van der Waals surface area contributed by atoms with Crippen molar-refractivity contribution < 1.29 is 9.53 Å². The van der Waals surface area contributed by atoms with Gasteiger partial charge in [-0.3, -0.25) is 4.79 Å². The second-order valence-electron chi connectivity index (χ2n) is 7.22. The van der Waals surface area contributed by atoms with Gasteiger partial charge in [-0.2, -0.15) is 0 Å². The van der Waals surface area contributed by atoms with Crippen molar-refractivity contribution in [2.75, 3.05) is 7.11 Å². The molecule has 136 valence electrons. The molecule has 1 unspecified atom stereocenters. The third-order valence-electron chi connectivity index (χ3n) is 5.12. The van der Waals surface area contributed by atoms with Crippen molar-refractivity contribution >= 4 is 17.1 Å². The Balaban J connectivity index is 1.75. The van der Waals surface area contributed by atoms with E-state index in [1.807, 2.05) is 19.1 Å². The smallest absolute Gasteiger partial charge is 0.223 e. The summed E-state index contributed by atoms with van der Waals surface area (Å²) in [6.45, 7) is 6.22. The summed E-state index contributed by atoms with van der Waals surface area (Å²) in [4.78, 5) is 21.9. The molecule has 6 nitrogen and oxygen atoms in total. The average molecular weight is 344 g/mol. The van der Waals surface area contributed by atoms with Gasteiger partial charge in [0, 0.05) is 25.3 Å². The Labute approximate surface area is 149 Å². The minimum atomic E-state index is -0.149. The van der Waals surface area contributed by atoms with Gasteiger partial charge in [-0.05, 0) is 58.6 Å². The zero-order valence-corrected chi connectivity index (χ0v) is 15.5. The molecule has 0 radical (unpaired) electrons. The van der Waals surface area contributed by atoms with Gasteiger partial charge in [-0.15, -0.1) is 0 Å². The fourth-order valence-corrected chi connectivity index (χ4v) is 3.72. The molecule has 2 aromatic heterocycles. The number of hydrogen-bond donors (Lipinski definition) is 1. The van der Waals surface area contributed by atoms with E-state index in [9.17, 15) is 4.79 Å². The number of carbonyl (C=O) groups excluding carboxylic acids is 1. The molecule has 6 heteroatoms. The van der Waals surface area contributed by atoms with Crippen molar-refractivity contribution in [1.29, 1.82) is 0 Å². The van der Waals surface area contributed by atoms with Crippen LogP contribution < -0.4 is 5.32 Å². The van der Waals surface area contributed by atoms with Gasteiger partial charge in [-0.1, -0.05) is 0 Å². The number of pyridine rings is 1. The molecule has 1 N–H and O–H groups in total. The maximum Gasteiger partial charge on any atom is 0.223 e. The van der Waals surface area contributed by atoms with Crippen molar-refractivity contribution in [1.82, 2.24) is 19.9 Å². The third kappa shape index (κ3) is 3.68. The Morgan fingerprint density at radius 3 is 2.64 bits per heavy atom. The molecular weight excluding hydrogens is 316 g/mol. The molecular formula is C19H28N4O2. The molecule has 0 bridgehead atoms. The average Bonchev–Trinajstić information content (AvgIpc) is 3.01. The van der Waals surface area contributed by atoms with E-state index in [4.69, 9.17) is 9.72 Å². The molecule has 1 atom stereocenters. The standard InChI is InChI=1S/C19H28N4O2/c1-12(2)23-17(22-16-6-5-11-20-18(16)23)13(3)21-19(24)14-7-9-15(25-4)10-8-14/h5-6,11-15H,7-10H2,1-4H3,(H,21,24). The van der Waals surface area contributed by atoms with E-state index in [2.05, 4.69) is 28.7 Å². The van der Waals surface area contributed by atoms with E-state index in [0.29, 0.717) is 6.10 Å². The number of hydrogen-bond acceptors (Lipinski definition) is 4. The number of nitrogens with one attached hydrogen (secondary N) is 1. The molecule has 1 saturated carbocycles. The van der Waals surface area contributed by atoms with Gasteiger partial charge < -0.3 is 14.6 Å². The summed E-state index contributed by atoms with van der Waals surface area (Å²) in [6, 6.07) is 3.93. The number of fused-ring (bicyclic) bond motifs is 1. The first-order chi connectivity index (χ1) is 12.0. The lowest BCUT2D eigenvalue weighted by molar-refractivity contribution is -0.127. The second kappa shape index (κ2) is 7.52. The van der Waals surface area contributed by atoms with Crippen LogP contribution in [0.4, 0.5) is 0 Å². The van der Waals surface area contributed by atoms with Crippen molar-refractivity contribution in [3.63, 3.8) is 0 Å². The number of imidazole rings is 1. The van der Waals surface area contributed by atoms with Crippen LogP contribution in [0, 0.1) is 5.92 Å². The number of aromatic nitrogens is 3. The van der Waals surface area contributed by atoms with Crippen LogP contribution in [0.2, 0.25) is 0 Å². The van der Waals surface area contributed by atoms with Crippen LogP contribution in [0.5, 0.6) is 0 Å². The van der Waals surface area contributed by atoms with E-state index in [1.54, 1.807) is 13.3 Å². The highest BCUT2D eigenvalue weighted by Gasteiger charge is 2.28. The van der Waals surface area contributed by atoms with Crippen molar-refractivity contribution in [2.24, 2.45) is 5.92 Å². The number of carbonyl (C=O) groups is 1. The maximum atomic E-state index is 12.7. The van der Waals surface area contributed by atoms with E-state index in [1.165, 1.54) is 0 Å². The summed E-state index contributed by atoms with van der Waals surface area (Å²) in [7, 11) is 1.75. The van der Waals surface area contributed by atoms with Crippen LogP contribution >= 0.6 is 0 Å². The minimum Gasteiger partial charge on any atom is -0.381 e. The first kappa shape index (κ1) is 17.9. The van der Waals surface area contributed by atoms with Gasteiger partial charge in [0.15, 0.2) is 5.65 Å². The number of amides is 1. The zero-order valence-electron chi connectivity index (χ0n) is 15.5. The highest BCUT2D eigenvalue weighted by molar-refractivity contribution is 5.79. The Kier molecular flexibility index (Phi) is 5.37. The number of rotatable bonds is 5. The minimum absolute atomic E-state index is 0.0730. The summed E-state index contributed by atoms with van der Waals surface area (Å²) in [6.07, 6.45) is 5.77. The monoisotopic (exact) mass is 344 g/mol. The van der Waals surface area contributed by atoms with Crippen molar-refractivity contribution in [3.8, 4) is 0 Å². The Morgan fingerprint density at radius 1 is 1.28 bits per heavy atom. The van der Waals surface area contributed by atoms with E-state index in [0.717, 1.165) is 42.7 Å². The highest BCUT2D eigenvalue weighted by atomic mass is 16.5. The maximum absolute atomic E-state index is 12.7. The van der Waals surface area contributed by atoms with Gasteiger partial charge in [0.05, 0.1) is 12.1 Å². The predicted molar refractivity (Wildman–Crippen MR) is 97.2 cm³/mol. The summed E-state index contributed by atoms with van der Waals surface area (Å²) in [5.41, 5.74) is 1.74. The van der Waals surface area contributed by atoms with E-state index >= 15 is 0 Å². The van der Waals surface area contributed by atoms with Gasteiger partial charge in [0.25, 0.3) is 0 Å². The quantitative estimate of drug-likeness (QED) is 0.902. The lowest BCUT2D eigenvalue weighted by atomic mass is 9.86. The lowest BCUT2D eigenvalue weighted by Gasteiger charge is -2.28. The molecule has 1 fully saturated rings. The largest absolute Gasteiger partial charge is 0.381 e. The molecule has 2 aromatic rings. The normalized spacial score (nSPS) is 22.3. The van der Waals surface area contributed by atoms with Crippen LogP contribution in [0.15, 0.2) is 18.3 Å². The van der Waals surface area contributed by atoms with Crippen LogP contribution in [0.25, 0.3) is 11.2 Å². The van der Waals surface area contributed by atoms with Gasteiger partial charge in [0.1, 0.15) is 11.3 Å². The Hall–Kier alpha value is -1.95. The van der Waals surface area contributed by atoms with Gasteiger partial charge in [0.2, 0.25) is 5.91 Å². The van der Waals surface area contributed by atoms with Crippen molar-refractivity contribution in [2.45, 2.75) is 64.6 Å². The first-order valence-electron chi connectivity index (χ1n) is 9.17.